The molecule has 30 heavy (non-hydrogen) atoms. The zero-order chi connectivity index (χ0) is 20.9. The van der Waals surface area contributed by atoms with Gasteiger partial charge in [0.1, 0.15) is 5.75 Å². The topological polar surface area (TPSA) is 49.9 Å². The first-order valence-corrected chi connectivity index (χ1v) is 11.7. The Balaban J connectivity index is 1.20. The van der Waals surface area contributed by atoms with Gasteiger partial charge in [-0.25, -0.2) is 0 Å². The van der Waals surface area contributed by atoms with Crippen LogP contribution in [0, 0.1) is 23.2 Å². The molecule has 0 spiro atoms. The average Bonchev–Trinajstić information content (AvgIpc) is 2.72. The SMILES string of the molecule is COc1ccc(Cl)cc1C(=O)N1CCN(C(=O)CC23CC4CC(CC(C4)C2)C3)CC1. The summed E-state index contributed by atoms with van der Waals surface area (Å²) in [7, 11) is 1.56. The van der Waals surface area contributed by atoms with Crippen LogP contribution >= 0.6 is 11.6 Å². The van der Waals surface area contributed by atoms with Crippen LogP contribution in [0.1, 0.15) is 55.3 Å². The van der Waals surface area contributed by atoms with E-state index in [0.29, 0.717) is 54.8 Å². The van der Waals surface area contributed by atoms with Crippen molar-refractivity contribution < 1.29 is 14.3 Å². The van der Waals surface area contributed by atoms with Gasteiger partial charge in [0.25, 0.3) is 5.91 Å². The number of halogens is 1. The fourth-order valence-electron chi connectivity index (χ4n) is 7.12. The summed E-state index contributed by atoms with van der Waals surface area (Å²) in [5.74, 6) is 3.35. The minimum Gasteiger partial charge on any atom is -0.496 e. The highest BCUT2D eigenvalue weighted by Crippen LogP contribution is 2.61. The molecule has 1 heterocycles. The normalized spacial score (nSPS) is 32.4. The van der Waals surface area contributed by atoms with Crippen molar-refractivity contribution in [2.45, 2.75) is 44.9 Å². The molecule has 162 valence electrons. The lowest BCUT2D eigenvalue weighted by Crippen LogP contribution is -2.53. The van der Waals surface area contributed by atoms with Crippen molar-refractivity contribution in [3.05, 3.63) is 28.8 Å². The van der Waals surface area contributed by atoms with Crippen LogP contribution in [0.4, 0.5) is 0 Å². The number of benzene rings is 1. The second-order valence-electron chi connectivity index (χ2n) is 10.1. The van der Waals surface area contributed by atoms with E-state index >= 15 is 0 Å². The first kappa shape index (κ1) is 20.2. The first-order valence-electron chi connectivity index (χ1n) is 11.4. The molecule has 0 N–H and O–H groups in total. The van der Waals surface area contributed by atoms with E-state index in [0.717, 1.165) is 17.8 Å². The van der Waals surface area contributed by atoms with E-state index in [1.807, 2.05) is 9.80 Å². The number of amides is 2. The highest BCUT2D eigenvalue weighted by molar-refractivity contribution is 6.31. The van der Waals surface area contributed by atoms with Gasteiger partial charge in [-0.15, -0.1) is 0 Å². The molecule has 5 fully saturated rings. The largest absolute Gasteiger partial charge is 0.496 e. The summed E-state index contributed by atoms with van der Waals surface area (Å²) < 4.78 is 5.34. The van der Waals surface area contributed by atoms with E-state index in [-0.39, 0.29) is 11.3 Å². The van der Waals surface area contributed by atoms with Crippen molar-refractivity contribution in [3.63, 3.8) is 0 Å². The maximum atomic E-state index is 13.2. The molecule has 1 aliphatic heterocycles. The fraction of sp³-hybridized carbons (Fsp3) is 0.667. The van der Waals surface area contributed by atoms with Gasteiger partial charge in [0, 0.05) is 37.6 Å². The standard InChI is InChI=1S/C24H31ClN2O3/c1-30-21-3-2-19(25)11-20(21)23(29)27-6-4-26(5-7-27)22(28)15-24-12-16-8-17(13-24)10-18(9-16)14-24/h2-3,11,16-18H,4-10,12-15H2,1H3. The predicted molar refractivity (Wildman–Crippen MR) is 116 cm³/mol. The Labute approximate surface area is 183 Å². The van der Waals surface area contributed by atoms with Crippen LogP contribution in [0.5, 0.6) is 5.75 Å². The van der Waals surface area contributed by atoms with Crippen molar-refractivity contribution in [1.82, 2.24) is 9.80 Å². The van der Waals surface area contributed by atoms with Crippen molar-refractivity contribution >= 4 is 23.4 Å². The Kier molecular flexibility index (Phi) is 5.20. The molecule has 4 aliphatic carbocycles. The van der Waals surface area contributed by atoms with Crippen molar-refractivity contribution in [2.24, 2.45) is 23.2 Å². The molecule has 0 atom stereocenters. The smallest absolute Gasteiger partial charge is 0.257 e. The summed E-state index contributed by atoms with van der Waals surface area (Å²) in [5.41, 5.74) is 0.755. The number of carbonyl (C=O) groups is 2. The second-order valence-corrected chi connectivity index (χ2v) is 10.5. The number of rotatable bonds is 4. The Morgan fingerprint density at radius 3 is 2.13 bits per heavy atom. The molecule has 6 heteroatoms. The molecule has 0 radical (unpaired) electrons. The zero-order valence-electron chi connectivity index (χ0n) is 17.7. The van der Waals surface area contributed by atoms with Gasteiger partial charge in [-0.05, 0) is 79.9 Å². The summed E-state index contributed by atoms with van der Waals surface area (Å²) in [4.78, 5) is 29.9. The molecule has 1 saturated heterocycles. The number of piperazine rings is 1. The maximum absolute atomic E-state index is 13.2. The molecule has 1 aromatic rings. The summed E-state index contributed by atoms with van der Waals surface area (Å²) in [5, 5.41) is 0.517. The molecule has 2 amide bonds. The van der Waals surface area contributed by atoms with Crippen molar-refractivity contribution in [1.29, 1.82) is 0 Å². The molecule has 1 aromatic carbocycles. The van der Waals surface area contributed by atoms with Crippen LogP contribution < -0.4 is 4.74 Å². The quantitative estimate of drug-likeness (QED) is 0.717. The lowest BCUT2D eigenvalue weighted by molar-refractivity contribution is -0.141. The Bertz CT molecular complexity index is 812. The van der Waals surface area contributed by atoms with Crippen LogP contribution in [0.25, 0.3) is 0 Å². The zero-order valence-corrected chi connectivity index (χ0v) is 18.5. The Hall–Kier alpha value is -1.75. The number of ether oxygens (including phenoxy) is 1. The minimum absolute atomic E-state index is 0.0810. The van der Waals surface area contributed by atoms with Gasteiger partial charge in [0.2, 0.25) is 5.91 Å². The molecule has 0 unspecified atom stereocenters. The van der Waals surface area contributed by atoms with Gasteiger partial charge < -0.3 is 14.5 Å². The van der Waals surface area contributed by atoms with E-state index in [1.54, 1.807) is 25.3 Å². The van der Waals surface area contributed by atoms with Crippen LogP contribution in [0.2, 0.25) is 5.02 Å². The van der Waals surface area contributed by atoms with Gasteiger partial charge in [-0.2, -0.15) is 0 Å². The highest BCUT2D eigenvalue weighted by atomic mass is 35.5. The summed E-state index contributed by atoms with van der Waals surface area (Å²) in [6.45, 7) is 2.34. The van der Waals surface area contributed by atoms with E-state index in [9.17, 15) is 9.59 Å². The number of hydrogen-bond acceptors (Lipinski definition) is 3. The Morgan fingerprint density at radius 2 is 1.57 bits per heavy atom. The number of hydrogen-bond donors (Lipinski definition) is 0. The van der Waals surface area contributed by atoms with Gasteiger partial charge in [-0.1, -0.05) is 11.6 Å². The fourth-order valence-corrected chi connectivity index (χ4v) is 7.29. The molecule has 4 bridgehead atoms. The molecular formula is C24H31ClN2O3. The molecule has 5 aliphatic rings. The van der Waals surface area contributed by atoms with Crippen molar-refractivity contribution in [3.8, 4) is 5.75 Å². The van der Waals surface area contributed by atoms with Crippen LogP contribution in [0.15, 0.2) is 18.2 Å². The van der Waals surface area contributed by atoms with E-state index < -0.39 is 0 Å². The number of carbonyl (C=O) groups excluding carboxylic acids is 2. The van der Waals surface area contributed by atoms with Gasteiger partial charge in [0.05, 0.1) is 12.7 Å². The summed E-state index contributed by atoms with van der Waals surface area (Å²) in [6, 6.07) is 5.10. The first-order chi connectivity index (χ1) is 14.4. The lowest BCUT2D eigenvalue weighted by Gasteiger charge is -2.57. The molecule has 5 nitrogen and oxygen atoms in total. The summed E-state index contributed by atoms with van der Waals surface area (Å²) >= 11 is 6.09. The van der Waals surface area contributed by atoms with Crippen LogP contribution in [-0.2, 0) is 4.79 Å². The third kappa shape index (κ3) is 3.70. The highest BCUT2D eigenvalue weighted by Gasteiger charge is 2.51. The van der Waals surface area contributed by atoms with E-state index in [2.05, 4.69) is 0 Å². The van der Waals surface area contributed by atoms with E-state index in [1.165, 1.54) is 38.5 Å². The molecule has 6 rings (SSSR count). The third-order valence-electron chi connectivity index (χ3n) is 8.00. The predicted octanol–water partition coefficient (Wildman–Crippen LogP) is 4.24. The summed E-state index contributed by atoms with van der Waals surface area (Å²) in [6.07, 6.45) is 8.71. The monoisotopic (exact) mass is 430 g/mol. The minimum atomic E-state index is -0.0810. The van der Waals surface area contributed by atoms with E-state index in [4.69, 9.17) is 16.3 Å². The number of nitrogens with zero attached hydrogens (tertiary/aromatic N) is 2. The maximum Gasteiger partial charge on any atom is 0.257 e. The molecule has 4 saturated carbocycles. The number of methoxy groups -OCH3 is 1. The molecular weight excluding hydrogens is 400 g/mol. The van der Waals surface area contributed by atoms with Gasteiger partial charge in [0.15, 0.2) is 0 Å². The van der Waals surface area contributed by atoms with Crippen molar-refractivity contribution in [2.75, 3.05) is 33.3 Å². The van der Waals surface area contributed by atoms with Gasteiger partial charge in [-0.3, -0.25) is 9.59 Å². The van der Waals surface area contributed by atoms with Crippen LogP contribution in [-0.4, -0.2) is 54.9 Å². The third-order valence-corrected chi connectivity index (χ3v) is 8.24. The average molecular weight is 431 g/mol. The van der Waals surface area contributed by atoms with Gasteiger partial charge >= 0.3 is 0 Å². The van der Waals surface area contributed by atoms with Crippen LogP contribution in [0.3, 0.4) is 0 Å². The lowest BCUT2D eigenvalue weighted by atomic mass is 9.49. The molecule has 0 aromatic heterocycles. The Morgan fingerprint density at radius 1 is 1.00 bits per heavy atom. The second kappa shape index (κ2) is 7.74.